The summed E-state index contributed by atoms with van der Waals surface area (Å²) < 4.78 is 15.6. The van der Waals surface area contributed by atoms with Crippen LogP contribution in [-0.4, -0.2) is 25.7 Å². The predicted octanol–water partition coefficient (Wildman–Crippen LogP) is 3.86. The molecule has 2 N–H and O–H groups in total. The first-order valence-corrected chi connectivity index (χ1v) is 8.89. The standard InChI is InChI=1S/C21H17FN6O/c22-17-5-1-2-6-18(17)26-20-16(4-3-10-24-20)21(29)27-19-9-13-25-28(19)14-15-7-11-23-12-8-15/h1-13H,14H2,(H,24,26)(H,27,29). The third-order valence-electron chi connectivity index (χ3n) is 4.22. The molecule has 0 fully saturated rings. The number of pyridine rings is 2. The summed E-state index contributed by atoms with van der Waals surface area (Å²) in [7, 11) is 0. The van der Waals surface area contributed by atoms with Gasteiger partial charge < -0.3 is 10.6 Å². The van der Waals surface area contributed by atoms with Crippen LogP contribution in [0.2, 0.25) is 0 Å². The molecule has 0 radical (unpaired) electrons. The molecule has 0 spiro atoms. The number of nitrogens with one attached hydrogen (secondary N) is 2. The van der Waals surface area contributed by atoms with Crippen molar-refractivity contribution >= 4 is 23.2 Å². The van der Waals surface area contributed by atoms with Gasteiger partial charge in [0, 0.05) is 24.7 Å². The van der Waals surface area contributed by atoms with Crippen molar-refractivity contribution < 1.29 is 9.18 Å². The maximum atomic E-state index is 14.0. The molecule has 0 unspecified atom stereocenters. The highest BCUT2D eigenvalue weighted by Crippen LogP contribution is 2.22. The predicted molar refractivity (Wildman–Crippen MR) is 107 cm³/mol. The fourth-order valence-electron chi connectivity index (χ4n) is 2.79. The summed E-state index contributed by atoms with van der Waals surface area (Å²) in [4.78, 5) is 21.1. The molecule has 8 heteroatoms. The van der Waals surface area contributed by atoms with Crippen LogP contribution in [0.3, 0.4) is 0 Å². The Morgan fingerprint density at radius 1 is 0.966 bits per heavy atom. The number of benzene rings is 1. The Morgan fingerprint density at radius 3 is 2.62 bits per heavy atom. The molecule has 0 aliphatic heterocycles. The van der Waals surface area contributed by atoms with Crippen molar-refractivity contribution in [2.45, 2.75) is 6.54 Å². The van der Waals surface area contributed by atoms with Gasteiger partial charge in [-0.25, -0.2) is 14.1 Å². The molecule has 0 saturated carbocycles. The molecule has 0 aliphatic rings. The van der Waals surface area contributed by atoms with Crippen LogP contribution in [0, 0.1) is 5.82 Å². The summed E-state index contributed by atoms with van der Waals surface area (Å²) in [5, 5.41) is 9.98. The summed E-state index contributed by atoms with van der Waals surface area (Å²) in [6.07, 6.45) is 6.55. The number of rotatable bonds is 6. The van der Waals surface area contributed by atoms with E-state index in [9.17, 15) is 9.18 Å². The average molecular weight is 388 g/mol. The molecule has 3 aromatic heterocycles. The first-order valence-electron chi connectivity index (χ1n) is 8.89. The lowest BCUT2D eigenvalue weighted by Gasteiger charge is -2.13. The normalized spacial score (nSPS) is 10.5. The Kier molecular flexibility index (Phi) is 5.24. The topological polar surface area (TPSA) is 84.7 Å². The summed E-state index contributed by atoms with van der Waals surface area (Å²) in [6, 6.07) is 14.9. The van der Waals surface area contributed by atoms with Crippen molar-refractivity contribution in [2.75, 3.05) is 10.6 Å². The largest absolute Gasteiger partial charge is 0.337 e. The van der Waals surface area contributed by atoms with E-state index >= 15 is 0 Å². The van der Waals surface area contributed by atoms with Crippen LogP contribution in [0.25, 0.3) is 0 Å². The summed E-state index contributed by atoms with van der Waals surface area (Å²) in [6.45, 7) is 0.485. The van der Waals surface area contributed by atoms with E-state index in [0.29, 0.717) is 12.4 Å². The summed E-state index contributed by atoms with van der Waals surface area (Å²) in [5.41, 5.74) is 1.53. The van der Waals surface area contributed by atoms with E-state index in [1.165, 1.54) is 12.3 Å². The van der Waals surface area contributed by atoms with E-state index < -0.39 is 5.82 Å². The fourth-order valence-corrected chi connectivity index (χ4v) is 2.79. The van der Waals surface area contributed by atoms with Gasteiger partial charge in [0.25, 0.3) is 5.91 Å². The molecule has 1 amide bonds. The second kappa shape index (κ2) is 8.30. The van der Waals surface area contributed by atoms with Crippen molar-refractivity contribution in [1.29, 1.82) is 0 Å². The van der Waals surface area contributed by atoms with Gasteiger partial charge in [0.15, 0.2) is 0 Å². The van der Waals surface area contributed by atoms with E-state index in [0.717, 1.165) is 5.56 Å². The number of para-hydroxylation sites is 1. The van der Waals surface area contributed by atoms with Crippen molar-refractivity contribution in [3.8, 4) is 0 Å². The van der Waals surface area contributed by atoms with E-state index in [4.69, 9.17) is 0 Å². The first kappa shape index (κ1) is 18.3. The number of nitrogens with zero attached hydrogens (tertiary/aromatic N) is 4. The minimum Gasteiger partial charge on any atom is -0.337 e. The van der Waals surface area contributed by atoms with E-state index in [-0.39, 0.29) is 23.0 Å². The number of carbonyl (C=O) groups is 1. The summed E-state index contributed by atoms with van der Waals surface area (Å²) >= 11 is 0. The van der Waals surface area contributed by atoms with Gasteiger partial charge in [0.1, 0.15) is 17.5 Å². The number of aromatic nitrogens is 4. The van der Waals surface area contributed by atoms with Gasteiger partial charge in [-0.3, -0.25) is 9.78 Å². The molecule has 3 heterocycles. The summed E-state index contributed by atoms with van der Waals surface area (Å²) in [5.74, 6) is -0.0174. The Hall–Kier alpha value is -4.07. The number of anilines is 3. The number of amides is 1. The molecular formula is C21H17FN6O. The highest BCUT2D eigenvalue weighted by Gasteiger charge is 2.16. The van der Waals surface area contributed by atoms with Crippen molar-refractivity contribution in [3.05, 3.63) is 96.3 Å². The number of hydrogen-bond donors (Lipinski definition) is 2. The molecule has 4 aromatic rings. The zero-order valence-electron chi connectivity index (χ0n) is 15.3. The number of hydrogen-bond acceptors (Lipinski definition) is 5. The third-order valence-corrected chi connectivity index (χ3v) is 4.22. The molecular weight excluding hydrogens is 371 g/mol. The molecule has 1 aromatic carbocycles. The van der Waals surface area contributed by atoms with Crippen LogP contribution in [-0.2, 0) is 6.54 Å². The zero-order valence-corrected chi connectivity index (χ0v) is 15.3. The maximum Gasteiger partial charge on any atom is 0.260 e. The van der Waals surface area contributed by atoms with Gasteiger partial charge in [0.05, 0.1) is 24.0 Å². The van der Waals surface area contributed by atoms with E-state index in [1.807, 2.05) is 12.1 Å². The van der Waals surface area contributed by atoms with E-state index in [2.05, 4.69) is 25.7 Å². The fraction of sp³-hybridized carbons (Fsp3) is 0.0476. The highest BCUT2D eigenvalue weighted by molar-refractivity contribution is 6.07. The van der Waals surface area contributed by atoms with E-state index in [1.54, 1.807) is 59.7 Å². The Labute approximate surface area is 166 Å². The minimum atomic E-state index is -0.431. The second-order valence-corrected chi connectivity index (χ2v) is 6.19. The Balaban J connectivity index is 1.55. The van der Waals surface area contributed by atoms with Crippen LogP contribution in [0.15, 0.2) is 79.4 Å². The molecule has 0 saturated heterocycles. The number of carbonyl (C=O) groups excluding carboxylic acids is 1. The van der Waals surface area contributed by atoms with Crippen LogP contribution < -0.4 is 10.6 Å². The van der Waals surface area contributed by atoms with Crippen LogP contribution in [0.1, 0.15) is 15.9 Å². The van der Waals surface area contributed by atoms with Gasteiger partial charge in [-0.1, -0.05) is 12.1 Å². The Bertz CT molecular complexity index is 1130. The SMILES string of the molecule is O=C(Nc1ccnn1Cc1ccncc1)c1cccnc1Nc1ccccc1F. The van der Waals surface area contributed by atoms with Crippen LogP contribution >= 0.6 is 0 Å². The smallest absolute Gasteiger partial charge is 0.260 e. The van der Waals surface area contributed by atoms with Crippen molar-refractivity contribution in [1.82, 2.24) is 19.7 Å². The molecule has 0 bridgehead atoms. The second-order valence-electron chi connectivity index (χ2n) is 6.19. The lowest BCUT2D eigenvalue weighted by molar-refractivity contribution is 0.102. The molecule has 7 nitrogen and oxygen atoms in total. The number of halogens is 1. The monoisotopic (exact) mass is 388 g/mol. The average Bonchev–Trinajstić information content (AvgIpc) is 3.17. The van der Waals surface area contributed by atoms with Gasteiger partial charge in [-0.15, -0.1) is 0 Å². The first-order chi connectivity index (χ1) is 14.2. The zero-order chi connectivity index (χ0) is 20.1. The van der Waals surface area contributed by atoms with Crippen molar-refractivity contribution in [3.63, 3.8) is 0 Å². The molecule has 144 valence electrons. The molecule has 0 atom stereocenters. The van der Waals surface area contributed by atoms with Gasteiger partial charge in [-0.05, 0) is 42.0 Å². The molecule has 29 heavy (non-hydrogen) atoms. The molecule has 4 rings (SSSR count). The van der Waals surface area contributed by atoms with Gasteiger partial charge >= 0.3 is 0 Å². The van der Waals surface area contributed by atoms with Crippen LogP contribution in [0.4, 0.5) is 21.7 Å². The van der Waals surface area contributed by atoms with Gasteiger partial charge in [0.2, 0.25) is 0 Å². The minimum absolute atomic E-state index is 0.239. The Morgan fingerprint density at radius 2 is 1.79 bits per heavy atom. The maximum absolute atomic E-state index is 14.0. The van der Waals surface area contributed by atoms with Crippen LogP contribution in [0.5, 0.6) is 0 Å². The highest BCUT2D eigenvalue weighted by atomic mass is 19.1. The third kappa shape index (κ3) is 4.27. The quantitative estimate of drug-likeness (QED) is 0.524. The van der Waals surface area contributed by atoms with Crippen molar-refractivity contribution in [2.24, 2.45) is 0 Å². The molecule has 0 aliphatic carbocycles. The lowest BCUT2D eigenvalue weighted by Crippen LogP contribution is -2.18. The van der Waals surface area contributed by atoms with Gasteiger partial charge in [-0.2, -0.15) is 5.10 Å². The lowest BCUT2D eigenvalue weighted by atomic mass is 10.2.